The Kier molecular flexibility index (Phi) is 6.29. The molecule has 26 heavy (non-hydrogen) atoms. The van der Waals surface area contributed by atoms with Gasteiger partial charge in [0.05, 0.1) is 0 Å². The van der Waals surface area contributed by atoms with Crippen molar-refractivity contribution in [3.8, 4) is 0 Å². The molecule has 0 spiro atoms. The van der Waals surface area contributed by atoms with Crippen LogP contribution in [0.15, 0.2) is 54.6 Å². The molecule has 3 rings (SSSR count). The van der Waals surface area contributed by atoms with Gasteiger partial charge in [-0.15, -0.1) is 0 Å². The lowest BCUT2D eigenvalue weighted by atomic mass is 10.0. The Balaban J connectivity index is 1.40. The molecule has 1 aliphatic rings. The van der Waals surface area contributed by atoms with Gasteiger partial charge in [-0.3, -0.25) is 9.69 Å². The number of anilines is 2. The Hall–Kier alpha value is -2.33. The quantitative estimate of drug-likeness (QED) is 0.856. The van der Waals surface area contributed by atoms with E-state index in [1.54, 1.807) is 0 Å². The Morgan fingerprint density at radius 3 is 2.23 bits per heavy atom. The molecule has 1 saturated heterocycles. The number of carbonyl (C=O) groups is 1. The van der Waals surface area contributed by atoms with Crippen LogP contribution in [0, 0.1) is 0 Å². The van der Waals surface area contributed by atoms with Crippen LogP contribution in [0.1, 0.15) is 31.7 Å². The van der Waals surface area contributed by atoms with Crippen LogP contribution < -0.4 is 10.2 Å². The molecule has 1 amide bonds. The molecule has 1 heterocycles. The standard InChI is InChI=1S/C22H29N3O/c1-18(2)19-8-10-20(11-9-19)23-22(26)12-13-24-14-16-25(17-15-24)21-6-4-3-5-7-21/h3-11,18H,12-17H2,1-2H3,(H,23,26). The average molecular weight is 351 g/mol. The molecule has 4 heteroatoms. The molecule has 0 unspecified atom stereocenters. The van der Waals surface area contributed by atoms with Crippen molar-refractivity contribution < 1.29 is 4.79 Å². The molecular weight excluding hydrogens is 322 g/mol. The first-order chi connectivity index (χ1) is 12.6. The van der Waals surface area contributed by atoms with Gasteiger partial charge in [-0.05, 0) is 35.7 Å². The first kappa shape index (κ1) is 18.5. The molecule has 0 atom stereocenters. The fraction of sp³-hybridized carbons (Fsp3) is 0.409. The van der Waals surface area contributed by atoms with E-state index in [0.717, 1.165) is 38.4 Å². The monoisotopic (exact) mass is 351 g/mol. The summed E-state index contributed by atoms with van der Waals surface area (Å²) in [5.41, 5.74) is 3.46. The summed E-state index contributed by atoms with van der Waals surface area (Å²) in [7, 11) is 0. The highest BCUT2D eigenvalue weighted by atomic mass is 16.1. The zero-order valence-corrected chi connectivity index (χ0v) is 15.8. The minimum Gasteiger partial charge on any atom is -0.369 e. The average Bonchev–Trinajstić information content (AvgIpc) is 2.68. The van der Waals surface area contributed by atoms with Crippen molar-refractivity contribution >= 4 is 17.3 Å². The third kappa shape index (κ3) is 5.09. The van der Waals surface area contributed by atoms with E-state index in [9.17, 15) is 4.79 Å². The van der Waals surface area contributed by atoms with Gasteiger partial charge in [-0.1, -0.05) is 44.2 Å². The number of hydrogen-bond donors (Lipinski definition) is 1. The maximum atomic E-state index is 12.2. The van der Waals surface area contributed by atoms with Crippen LogP contribution in [0.4, 0.5) is 11.4 Å². The normalized spacial score (nSPS) is 15.3. The van der Waals surface area contributed by atoms with Crippen molar-refractivity contribution in [2.45, 2.75) is 26.2 Å². The third-order valence-corrected chi connectivity index (χ3v) is 5.01. The van der Waals surface area contributed by atoms with E-state index in [2.05, 4.69) is 71.4 Å². The zero-order valence-electron chi connectivity index (χ0n) is 15.8. The molecule has 0 aliphatic carbocycles. The van der Waals surface area contributed by atoms with E-state index in [1.807, 2.05) is 12.1 Å². The fourth-order valence-electron chi connectivity index (χ4n) is 3.30. The van der Waals surface area contributed by atoms with Gasteiger partial charge >= 0.3 is 0 Å². The third-order valence-electron chi connectivity index (χ3n) is 5.01. The van der Waals surface area contributed by atoms with Crippen LogP contribution in [0.3, 0.4) is 0 Å². The van der Waals surface area contributed by atoms with Crippen LogP contribution in [-0.4, -0.2) is 43.5 Å². The lowest BCUT2D eigenvalue weighted by Crippen LogP contribution is -2.47. The van der Waals surface area contributed by atoms with Gasteiger partial charge in [0, 0.05) is 50.5 Å². The minimum atomic E-state index is 0.0905. The van der Waals surface area contributed by atoms with Gasteiger partial charge in [0.25, 0.3) is 0 Å². The summed E-state index contributed by atoms with van der Waals surface area (Å²) in [5.74, 6) is 0.599. The molecule has 1 N–H and O–H groups in total. The number of benzene rings is 2. The van der Waals surface area contributed by atoms with Crippen molar-refractivity contribution in [3.63, 3.8) is 0 Å². The largest absolute Gasteiger partial charge is 0.369 e. The Morgan fingerprint density at radius 1 is 0.962 bits per heavy atom. The van der Waals surface area contributed by atoms with Crippen molar-refractivity contribution in [1.82, 2.24) is 4.90 Å². The molecule has 2 aromatic carbocycles. The minimum absolute atomic E-state index is 0.0905. The summed E-state index contributed by atoms with van der Waals surface area (Å²) in [6, 6.07) is 18.7. The van der Waals surface area contributed by atoms with Crippen LogP contribution in [-0.2, 0) is 4.79 Å². The first-order valence-electron chi connectivity index (χ1n) is 9.54. The number of carbonyl (C=O) groups excluding carboxylic acids is 1. The maximum absolute atomic E-state index is 12.2. The van der Waals surface area contributed by atoms with Gasteiger partial charge in [0.15, 0.2) is 0 Å². The molecule has 1 aliphatic heterocycles. The molecule has 138 valence electrons. The highest BCUT2D eigenvalue weighted by Gasteiger charge is 2.17. The molecule has 0 aromatic heterocycles. The maximum Gasteiger partial charge on any atom is 0.225 e. The summed E-state index contributed by atoms with van der Waals surface area (Å²) in [4.78, 5) is 17.0. The number of nitrogens with one attached hydrogen (secondary N) is 1. The van der Waals surface area contributed by atoms with Gasteiger partial charge < -0.3 is 10.2 Å². The van der Waals surface area contributed by atoms with Gasteiger partial charge in [0.1, 0.15) is 0 Å². The lowest BCUT2D eigenvalue weighted by molar-refractivity contribution is -0.116. The van der Waals surface area contributed by atoms with E-state index in [4.69, 9.17) is 0 Å². The second-order valence-electron chi connectivity index (χ2n) is 7.24. The number of piperazine rings is 1. The topological polar surface area (TPSA) is 35.6 Å². The van der Waals surface area contributed by atoms with Gasteiger partial charge in [-0.25, -0.2) is 0 Å². The SMILES string of the molecule is CC(C)c1ccc(NC(=O)CCN2CCN(c3ccccc3)CC2)cc1. The first-order valence-corrected chi connectivity index (χ1v) is 9.54. The van der Waals surface area contributed by atoms with Crippen molar-refractivity contribution in [3.05, 3.63) is 60.2 Å². The predicted octanol–water partition coefficient (Wildman–Crippen LogP) is 3.96. The zero-order chi connectivity index (χ0) is 18.4. The molecule has 0 saturated carbocycles. The van der Waals surface area contributed by atoms with Gasteiger partial charge in [-0.2, -0.15) is 0 Å². The summed E-state index contributed by atoms with van der Waals surface area (Å²) in [6.45, 7) is 9.20. The Morgan fingerprint density at radius 2 is 1.62 bits per heavy atom. The van der Waals surface area contributed by atoms with Gasteiger partial charge in [0.2, 0.25) is 5.91 Å². The van der Waals surface area contributed by atoms with Crippen LogP contribution >= 0.6 is 0 Å². The van der Waals surface area contributed by atoms with Crippen molar-refractivity contribution in [2.75, 3.05) is 42.9 Å². The Labute approximate surface area is 156 Å². The molecular formula is C22H29N3O. The van der Waals surface area contributed by atoms with Crippen LogP contribution in [0.2, 0.25) is 0 Å². The molecule has 0 bridgehead atoms. The number of amides is 1. The smallest absolute Gasteiger partial charge is 0.225 e. The van der Waals surface area contributed by atoms with Crippen LogP contribution in [0.5, 0.6) is 0 Å². The van der Waals surface area contributed by atoms with E-state index < -0.39 is 0 Å². The summed E-state index contributed by atoms with van der Waals surface area (Å²) >= 11 is 0. The van der Waals surface area contributed by atoms with Crippen LogP contribution in [0.25, 0.3) is 0 Å². The van der Waals surface area contributed by atoms with Crippen molar-refractivity contribution in [2.24, 2.45) is 0 Å². The summed E-state index contributed by atoms with van der Waals surface area (Å²) in [6.07, 6.45) is 0.539. The van der Waals surface area contributed by atoms with E-state index in [1.165, 1.54) is 11.3 Å². The summed E-state index contributed by atoms with van der Waals surface area (Å²) < 4.78 is 0. The lowest BCUT2D eigenvalue weighted by Gasteiger charge is -2.36. The number of hydrogen-bond acceptors (Lipinski definition) is 3. The molecule has 4 nitrogen and oxygen atoms in total. The molecule has 0 radical (unpaired) electrons. The number of rotatable bonds is 6. The van der Waals surface area contributed by atoms with Crippen molar-refractivity contribution in [1.29, 1.82) is 0 Å². The highest BCUT2D eigenvalue weighted by molar-refractivity contribution is 5.90. The number of para-hydroxylation sites is 1. The molecule has 2 aromatic rings. The summed E-state index contributed by atoms with van der Waals surface area (Å²) in [5, 5.41) is 3.01. The van der Waals surface area contributed by atoms with E-state index in [-0.39, 0.29) is 5.91 Å². The predicted molar refractivity (Wildman–Crippen MR) is 109 cm³/mol. The van der Waals surface area contributed by atoms with E-state index in [0.29, 0.717) is 12.3 Å². The second kappa shape index (κ2) is 8.86. The second-order valence-corrected chi connectivity index (χ2v) is 7.24. The molecule has 1 fully saturated rings. The number of nitrogens with zero attached hydrogens (tertiary/aromatic N) is 2. The van der Waals surface area contributed by atoms with E-state index >= 15 is 0 Å². The highest BCUT2D eigenvalue weighted by Crippen LogP contribution is 2.18. The fourth-order valence-corrected chi connectivity index (χ4v) is 3.30. The Bertz CT molecular complexity index is 689.